The van der Waals surface area contributed by atoms with E-state index in [1.807, 2.05) is 6.79 Å². The van der Waals surface area contributed by atoms with Gasteiger partial charge >= 0.3 is 0 Å². The Kier molecular flexibility index (Phi) is 21.1. The van der Waals surface area contributed by atoms with Crippen LogP contribution in [0, 0.1) is 0 Å². The fourth-order valence-electron chi connectivity index (χ4n) is 0.394. The quantitative estimate of drug-likeness (QED) is 0.559. The number of nitrogens with two attached hydrogens (primary N) is 1. The van der Waals surface area contributed by atoms with E-state index < -0.39 is 0 Å². The highest BCUT2D eigenvalue weighted by molar-refractivity contribution is 5.10. The van der Waals surface area contributed by atoms with Crippen LogP contribution in [0.15, 0.2) is 0 Å². The van der Waals surface area contributed by atoms with Crippen molar-refractivity contribution in [2.24, 2.45) is 5.73 Å². The zero-order valence-electron chi connectivity index (χ0n) is 5.52. The van der Waals surface area contributed by atoms with Crippen molar-refractivity contribution in [2.75, 3.05) is 6.54 Å². The predicted molar refractivity (Wildman–Crippen MR) is 35.7 cm³/mol. The third-order valence-corrected chi connectivity index (χ3v) is 0.808. The standard InChI is InChI=1S/C5H13N.CH2O/c1-2-3-4-5-6;1-2/h2-6H2,1H3;1H2. The van der Waals surface area contributed by atoms with E-state index in [2.05, 4.69) is 6.92 Å². The maximum Gasteiger partial charge on any atom is 0.106 e. The molecule has 0 heterocycles. The van der Waals surface area contributed by atoms with Crippen LogP contribution in [0.25, 0.3) is 0 Å². The fourth-order valence-corrected chi connectivity index (χ4v) is 0.394. The highest BCUT2D eigenvalue weighted by Crippen LogP contribution is 1.88. The molecule has 2 N–H and O–H groups in total. The van der Waals surface area contributed by atoms with Crippen molar-refractivity contribution in [3.05, 3.63) is 0 Å². The van der Waals surface area contributed by atoms with E-state index in [1.165, 1.54) is 19.3 Å². The van der Waals surface area contributed by atoms with Gasteiger partial charge in [-0.05, 0) is 13.0 Å². The maximum absolute atomic E-state index is 8.00. The van der Waals surface area contributed by atoms with Gasteiger partial charge in [0.2, 0.25) is 0 Å². The molecule has 0 atom stereocenters. The van der Waals surface area contributed by atoms with Gasteiger partial charge in [0.05, 0.1) is 0 Å². The molecule has 8 heavy (non-hydrogen) atoms. The zero-order valence-corrected chi connectivity index (χ0v) is 5.52. The highest BCUT2D eigenvalue weighted by Gasteiger charge is 1.75. The molecule has 0 spiro atoms. The summed E-state index contributed by atoms with van der Waals surface area (Å²) in [7, 11) is 0. The lowest BCUT2D eigenvalue weighted by Crippen LogP contribution is -1.96. The van der Waals surface area contributed by atoms with Crippen molar-refractivity contribution >= 4 is 6.79 Å². The van der Waals surface area contributed by atoms with Crippen molar-refractivity contribution in [3.63, 3.8) is 0 Å². The molecule has 0 saturated heterocycles. The minimum atomic E-state index is 0.855. The van der Waals surface area contributed by atoms with Crippen LogP contribution >= 0.6 is 0 Å². The molecule has 0 aliphatic heterocycles. The van der Waals surface area contributed by atoms with Crippen LogP contribution in [0.1, 0.15) is 26.2 Å². The largest absolute Gasteiger partial charge is 0.330 e. The van der Waals surface area contributed by atoms with Gasteiger partial charge in [-0.1, -0.05) is 19.8 Å². The Bertz CT molecular complexity index is 27.7. The summed E-state index contributed by atoms with van der Waals surface area (Å²) in [4.78, 5) is 8.00. The van der Waals surface area contributed by atoms with E-state index in [9.17, 15) is 0 Å². The first-order valence-corrected chi connectivity index (χ1v) is 2.90. The van der Waals surface area contributed by atoms with Gasteiger partial charge in [-0.15, -0.1) is 0 Å². The van der Waals surface area contributed by atoms with E-state index in [0.29, 0.717) is 0 Å². The molecule has 2 heteroatoms. The number of unbranched alkanes of at least 4 members (excludes halogenated alkanes) is 2. The molecule has 0 radical (unpaired) electrons. The van der Waals surface area contributed by atoms with Gasteiger partial charge in [0.1, 0.15) is 6.79 Å². The van der Waals surface area contributed by atoms with Gasteiger partial charge < -0.3 is 10.5 Å². The van der Waals surface area contributed by atoms with Crippen LogP contribution in [0.3, 0.4) is 0 Å². The SMILES string of the molecule is C=O.CCCCCN. The monoisotopic (exact) mass is 117 g/mol. The third-order valence-electron chi connectivity index (χ3n) is 0.808. The van der Waals surface area contributed by atoms with E-state index in [4.69, 9.17) is 10.5 Å². The van der Waals surface area contributed by atoms with Crippen molar-refractivity contribution in [2.45, 2.75) is 26.2 Å². The molecule has 0 rings (SSSR count). The number of hydrogen-bond donors (Lipinski definition) is 1. The van der Waals surface area contributed by atoms with Crippen LogP contribution in [-0.4, -0.2) is 13.3 Å². The highest BCUT2D eigenvalue weighted by atomic mass is 16.1. The average molecular weight is 117 g/mol. The van der Waals surface area contributed by atoms with Crippen LogP contribution in [0.4, 0.5) is 0 Å². The van der Waals surface area contributed by atoms with Crippen molar-refractivity contribution in [3.8, 4) is 0 Å². The second-order valence-corrected chi connectivity index (χ2v) is 1.50. The molecule has 50 valence electrons. The molecule has 0 aliphatic rings. The summed E-state index contributed by atoms with van der Waals surface area (Å²) < 4.78 is 0. The Hall–Kier alpha value is -0.370. The Labute approximate surface area is 51.1 Å². The van der Waals surface area contributed by atoms with Crippen LogP contribution in [0.5, 0.6) is 0 Å². The van der Waals surface area contributed by atoms with Crippen LogP contribution < -0.4 is 5.73 Å². The summed E-state index contributed by atoms with van der Waals surface area (Å²) in [6.07, 6.45) is 3.75. The lowest BCUT2D eigenvalue weighted by Gasteiger charge is -1.86. The molecule has 0 aromatic rings. The van der Waals surface area contributed by atoms with Gasteiger partial charge in [-0.2, -0.15) is 0 Å². The Morgan fingerprint density at radius 1 is 1.38 bits per heavy atom. The fraction of sp³-hybridized carbons (Fsp3) is 0.833. The number of carbonyl (C=O) groups is 1. The molecule has 0 unspecified atom stereocenters. The first-order valence-electron chi connectivity index (χ1n) is 2.90. The summed E-state index contributed by atoms with van der Waals surface area (Å²) in [5.41, 5.74) is 5.21. The van der Waals surface area contributed by atoms with Crippen LogP contribution in [-0.2, 0) is 4.79 Å². The van der Waals surface area contributed by atoms with Gasteiger partial charge in [-0.25, -0.2) is 0 Å². The smallest absolute Gasteiger partial charge is 0.106 e. The first kappa shape index (κ1) is 10.6. The minimum Gasteiger partial charge on any atom is -0.330 e. The molecule has 0 aromatic heterocycles. The van der Waals surface area contributed by atoms with Gasteiger partial charge in [0.25, 0.3) is 0 Å². The maximum atomic E-state index is 8.00. The predicted octanol–water partition coefficient (Wildman–Crippen LogP) is 0.950. The molecule has 0 bridgehead atoms. The molecule has 0 aliphatic carbocycles. The third kappa shape index (κ3) is 17.4. The van der Waals surface area contributed by atoms with Gasteiger partial charge in [0.15, 0.2) is 0 Å². The van der Waals surface area contributed by atoms with E-state index in [1.54, 1.807) is 0 Å². The second kappa shape index (κ2) is 15.9. The number of rotatable bonds is 3. The molecule has 2 nitrogen and oxygen atoms in total. The molecule has 0 aromatic carbocycles. The second-order valence-electron chi connectivity index (χ2n) is 1.50. The molecular weight excluding hydrogens is 102 g/mol. The van der Waals surface area contributed by atoms with E-state index >= 15 is 0 Å². The topological polar surface area (TPSA) is 43.1 Å². The normalized spacial score (nSPS) is 7.25. The summed E-state index contributed by atoms with van der Waals surface area (Å²) in [5, 5.41) is 0. The van der Waals surface area contributed by atoms with Crippen molar-refractivity contribution in [1.29, 1.82) is 0 Å². The lowest BCUT2D eigenvalue weighted by molar-refractivity contribution is -0.0979. The number of carbonyl (C=O) groups excluding carboxylic acids is 1. The van der Waals surface area contributed by atoms with E-state index in [0.717, 1.165) is 6.54 Å². The van der Waals surface area contributed by atoms with Crippen LogP contribution in [0.2, 0.25) is 0 Å². The minimum absolute atomic E-state index is 0.855. The molecule has 0 amide bonds. The van der Waals surface area contributed by atoms with Gasteiger partial charge in [-0.3, -0.25) is 0 Å². The summed E-state index contributed by atoms with van der Waals surface area (Å²) in [6, 6.07) is 0. The summed E-state index contributed by atoms with van der Waals surface area (Å²) in [6.45, 7) is 5.03. The Morgan fingerprint density at radius 2 is 1.88 bits per heavy atom. The van der Waals surface area contributed by atoms with E-state index in [-0.39, 0.29) is 0 Å². The molecular formula is C6H15NO. The van der Waals surface area contributed by atoms with Crippen molar-refractivity contribution < 1.29 is 4.79 Å². The zero-order chi connectivity index (χ0) is 6.83. The number of hydrogen-bond acceptors (Lipinski definition) is 2. The Balaban J connectivity index is 0. The van der Waals surface area contributed by atoms with Gasteiger partial charge in [0, 0.05) is 0 Å². The molecule has 0 saturated carbocycles. The van der Waals surface area contributed by atoms with Crippen molar-refractivity contribution in [1.82, 2.24) is 0 Å². The first-order chi connectivity index (χ1) is 3.91. The Morgan fingerprint density at radius 3 is 2.00 bits per heavy atom. The average Bonchev–Trinajstić information content (AvgIpc) is 1.88. The summed E-state index contributed by atoms with van der Waals surface area (Å²) >= 11 is 0. The molecule has 0 fully saturated rings. The summed E-state index contributed by atoms with van der Waals surface area (Å²) in [5.74, 6) is 0. The lowest BCUT2D eigenvalue weighted by atomic mass is 10.3.